The van der Waals surface area contributed by atoms with Crippen molar-refractivity contribution in [2.45, 2.75) is 26.2 Å². The molecule has 0 amide bonds. The van der Waals surface area contributed by atoms with Crippen molar-refractivity contribution in [2.75, 3.05) is 25.0 Å². The van der Waals surface area contributed by atoms with Crippen molar-refractivity contribution in [3.8, 4) is 0 Å². The van der Waals surface area contributed by atoms with Crippen LogP contribution in [0.5, 0.6) is 0 Å². The van der Waals surface area contributed by atoms with Gasteiger partial charge in [0.05, 0.1) is 0 Å². The van der Waals surface area contributed by atoms with Gasteiger partial charge in [0.1, 0.15) is 0 Å². The van der Waals surface area contributed by atoms with Gasteiger partial charge in [-0.1, -0.05) is 24.6 Å². The Labute approximate surface area is 105 Å². The second-order valence-electron chi connectivity index (χ2n) is 5.35. The first-order valence-corrected chi connectivity index (χ1v) is 6.69. The maximum absolute atomic E-state index is 5.85. The van der Waals surface area contributed by atoms with Crippen LogP contribution < -0.4 is 10.6 Å². The predicted octanol–water partition coefficient (Wildman–Crippen LogP) is 2.81. The standard InChI is InChI=1S/C15H24N2/c1-12-6-3-4-9-15(12)17(2)11-14-8-5-7-13(14)10-16/h3-4,6,9,13-14H,5,7-8,10-11,16H2,1-2H3. The average molecular weight is 232 g/mol. The van der Waals surface area contributed by atoms with Gasteiger partial charge in [-0.15, -0.1) is 0 Å². The Morgan fingerprint density at radius 2 is 1.94 bits per heavy atom. The molecule has 0 spiro atoms. The van der Waals surface area contributed by atoms with Gasteiger partial charge in [0, 0.05) is 19.3 Å². The molecule has 0 bridgehead atoms. The quantitative estimate of drug-likeness (QED) is 0.865. The average Bonchev–Trinajstić information content (AvgIpc) is 2.76. The van der Waals surface area contributed by atoms with E-state index < -0.39 is 0 Å². The molecule has 0 aliphatic heterocycles. The summed E-state index contributed by atoms with van der Waals surface area (Å²) in [5.74, 6) is 1.52. The van der Waals surface area contributed by atoms with Crippen LogP contribution in [0.25, 0.3) is 0 Å². The highest BCUT2D eigenvalue weighted by molar-refractivity contribution is 5.52. The second kappa shape index (κ2) is 5.54. The van der Waals surface area contributed by atoms with E-state index in [0.29, 0.717) is 0 Å². The molecule has 2 N–H and O–H groups in total. The molecular weight excluding hydrogens is 208 g/mol. The summed E-state index contributed by atoms with van der Waals surface area (Å²) in [6.45, 7) is 4.18. The fourth-order valence-electron chi connectivity index (χ4n) is 3.11. The number of para-hydroxylation sites is 1. The zero-order chi connectivity index (χ0) is 12.3. The van der Waals surface area contributed by atoms with E-state index in [-0.39, 0.29) is 0 Å². The molecule has 0 aromatic heterocycles. The van der Waals surface area contributed by atoms with Crippen molar-refractivity contribution in [1.29, 1.82) is 0 Å². The number of anilines is 1. The highest BCUT2D eigenvalue weighted by Crippen LogP contribution is 2.32. The fraction of sp³-hybridized carbons (Fsp3) is 0.600. The SMILES string of the molecule is Cc1ccccc1N(C)CC1CCCC1CN. The van der Waals surface area contributed by atoms with E-state index in [9.17, 15) is 0 Å². The molecular formula is C15H24N2. The number of nitrogens with zero attached hydrogens (tertiary/aromatic N) is 1. The molecule has 17 heavy (non-hydrogen) atoms. The van der Waals surface area contributed by atoms with E-state index >= 15 is 0 Å². The first-order chi connectivity index (χ1) is 8.22. The molecule has 1 aromatic rings. The first kappa shape index (κ1) is 12.4. The Hall–Kier alpha value is -1.02. The summed E-state index contributed by atoms with van der Waals surface area (Å²) in [5, 5.41) is 0. The number of aryl methyl sites for hydroxylation is 1. The molecule has 2 atom stereocenters. The summed E-state index contributed by atoms with van der Waals surface area (Å²) in [6.07, 6.45) is 4.02. The van der Waals surface area contributed by atoms with Crippen LogP contribution in [0.1, 0.15) is 24.8 Å². The second-order valence-corrected chi connectivity index (χ2v) is 5.35. The van der Waals surface area contributed by atoms with Crippen LogP contribution in [0, 0.1) is 18.8 Å². The Bertz CT molecular complexity index is 362. The first-order valence-electron chi connectivity index (χ1n) is 6.69. The van der Waals surface area contributed by atoms with Crippen LogP contribution in [0.15, 0.2) is 24.3 Å². The number of rotatable bonds is 4. The topological polar surface area (TPSA) is 29.3 Å². The number of benzene rings is 1. The summed E-state index contributed by atoms with van der Waals surface area (Å²) in [4.78, 5) is 2.40. The molecule has 1 fully saturated rings. The van der Waals surface area contributed by atoms with Crippen LogP contribution in [-0.2, 0) is 0 Å². The van der Waals surface area contributed by atoms with Crippen molar-refractivity contribution in [1.82, 2.24) is 0 Å². The Morgan fingerprint density at radius 1 is 1.24 bits per heavy atom. The molecule has 94 valence electrons. The lowest BCUT2D eigenvalue weighted by Gasteiger charge is -2.27. The molecule has 2 heteroatoms. The fourth-order valence-corrected chi connectivity index (χ4v) is 3.11. The van der Waals surface area contributed by atoms with Gasteiger partial charge in [0.25, 0.3) is 0 Å². The Morgan fingerprint density at radius 3 is 2.65 bits per heavy atom. The molecule has 0 saturated heterocycles. The van der Waals surface area contributed by atoms with Crippen LogP contribution in [0.4, 0.5) is 5.69 Å². The lowest BCUT2D eigenvalue weighted by molar-refractivity contribution is 0.400. The minimum Gasteiger partial charge on any atom is -0.374 e. The third kappa shape index (κ3) is 2.81. The van der Waals surface area contributed by atoms with Gasteiger partial charge in [-0.05, 0) is 49.8 Å². The molecule has 2 nitrogen and oxygen atoms in total. The molecule has 0 radical (unpaired) electrons. The van der Waals surface area contributed by atoms with Crippen molar-refractivity contribution >= 4 is 5.69 Å². The number of hydrogen-bond acceptors (Lipinski definition) is 2. The third-order valence-corrected chi connectivity index (χ3v) is 4.15. The zero-order valence-electron chi connectivity index (χ0n) is 11.0. The number of hydrogen-bond donors (Lipinski definition) is 1. The van der Waals surface area contributed by atoms with Crippen LogP contribution in [0.3, 0.4) is 0 Å². The maximum atomic E-state index is 5.85. The molecule has 1 saturated carbocycles. The molecule has 0 heterocycles. The summed E-state index contributed by atoms with van der Waals surface area (Å²) >= 11 is 0. The normalized spacial score (nSPS) is 23.9. The van der Waals surface area contributed by atoms with Gasteiger partial charge in [0.15, 0.2) is 0 Å². The van der Waals surface area contributed by atoms with Gasteiger partial charge < -0.3 is 10.6 Å². The number of nitrogens with two attached hydrogens (primary N) is 1. The van der Waals surface area contributed by atoms with E-state index in [1.54, 1.807) is 0 Å². The van der Waals surface area contributed by atoms with Gasteiger partial charge in [-0.2, -0.15) is 0 Å². The minimum atomic E-state index is 0.737. The lowest BCUT2D eigenvalue weighted by Crippen LogP contribution is -2.30. The summed E-state index contributed by atoms with van der Waals surface area (Å²) in [5.41, 5.74) is 8.57. The van der Waals surface area contributed by atoms with E-state index in [1.807, 2.05) is 0 Å². The molecule has 2 rings (SSSR count). The van der Waals surface area contributed by atoms with E-state index in [4.69, 9.17) is 5.73 Å². The van der Waals surface area contributed by atoms with E-state index in [2.05, 4.69) is 43.1 Å². The predicted molar refractivity (Wildman–Crippen MR) is 74.3 cm³/mol. The smallest absolute Gasteiger partial charge is 0.0393 e. The van der Waals surface area contributed by atoms with Gasteiger partial charge in [-0.25, -0.2) is 0 Å². The van der Waals surface area contributed by atoms with E-state index in [0.717, 1.165) is 24.9 Å². The van der Waals surface area contributed by atoms with Gasteiger partial charge in [0.2, 0.25) is 0 Å². The summed E-state index contributed by atoms with van der Waals surface area (Å²) < 4.78 is 0. The molecule has 1 aliphatic carbocycles. The van der Waals surface area contributed by atoms with E-state index in [1.165, 1.54) is 30.5 Å². The Kier molecular flexibility index (Phi) is 4.06. The zero-order valence-corrected chi connectivity index (χ0v) is 11.0. The van der Waals surface area contributed by atoms with Crippen LogP contribution in [0.2, 0.25) is 0 Å². The highest BCUT2D eigenvalue weighted by atomic mass is 15.1. The van der Waals surface area contributed by atoms with Gasteiger partial charge in [-0.3, -0.25) is 0 Å². The highest BCUT2D eigenvalue weighted by Gasteiger charge is 2.27. The van der Waals surface area contributed by atoms with Gasteiger partial charge >= 0.3 is 0 Å². The molecule has 2 unspecified atom stereocenters. The maximum Gasteiger partial charge on any atom is 0.0393 e. The van der Waals surface area contributed by atoms with Crippen molar-refractivity contribution in [2.24, 2.45) is 17.6 Å². The lowest BCUT2D eigenvalue weighted by atomic mass is 9.95. The van der Waals surface area contributed by atoms with Crippen LogP contribution in [-0.4, -0.2) is 20.1 Å². The minimum absolute atomic E-state index is 0.737. The van der Waals surface area contributed by atoms with Crippen molar-refractivity contribution < 1.29 is 0 Å². The summed E-state index contributed by atoms with van der Waals surface area (Å²) in [6, 6.07) is 8.61. The molecule has 1 aliphatic rings. The Balaban J connectivity index is 2.01. The monoisotopic (exact) mass is 232 g/mol. The van der Waals surface area contributed by atoms with Crippen molar-refractivity contribution in [3.63, 3.8) is 0 Å². The summed E-state index contributed by atoms with van der Waals surface area (Å²) in [7, 11) is 2.20. The van der Waals surface area contributed by atoms with Crippen molar-refractivity contribution in [3.05, 3.63) is 29.8 Å². The van der Waals surface area contributed by atoms with Crippen LogP contribution >= 0.6 is 0 Å². The molecule has 1 aromatic carbocycles. The largest absolute Gasteiger partial charge is 0.374 e. The third-order valence-electron chi connectivity index (χ3n) is 4.15.